The van der Waals surface area contributed by atoms with E-state index in [4.69, 9.17) is 9.47 Å². The lowest BCUT2D eigenvalue weighted by Crippen LogP contribution is -2.17. The van der Waals surface area contributed by atoms with Crippen LogP contribution in [-0.2, 0) is 9.59 Å². The first-order valence-corrected chi connectivity index (χ1v) is 14.0. The molecule has 2 aromatic rings. The fraction of sp³-hybridized carbons (Fsp3) is 0.407. The number of carbonyl (C=O) groups is 2. The zero-order chi connectivity index (χ0) is 26.9. The Morgan fingerprint density at radius 3 is 1.54 bits per heavy atom. The molecule has 0 radical (unpaired) electrons. The van der Waals surface area contributed by atoms with Gasteiger partial charge < -0.3 is 9.47 Å². The average molecular weight is 638 g/mol. The molecule has 2 amide bonds. The number of rotatable bonds is 16. The van der Waals surface area contributed by atoms with Crippen LogP contribution in [0.1, 0.15) is 69.9 Å². The summed E-state index contributed by atoms with van der Waals surface area (Å²) in [7, 11) is 0. The summed E-state index contributed by atoms with van der Waals surface area (Å²) >= 11 is 6.85. The van der Waals surface area contributed by atoms with E-state index in [-0.39, 0.29) is 11.8 Å². The van der Waals surface area contributed by atoms with Crippen molar-refractivity contribution in [3.05, 3.63) is 56.5 Å². The van der Waals surface area contributed by atoms with Crippen LogP contribution < -0.4 is 20.3 Å². The molecule has 0 bridgehead atoms. The van der Waals surface area contributed by atoms with E-state index in [0.717, 1.165) is 52.2 Å². The number of carbonyl (C=O) groups excluding carboxylic acids is 2. The van der Waals surface area contributed by atoms with Crippen molar-refractivity contribution >= 4 is 56.1 Å². The van der Waals surface area contributed by atoms with E-state index in [0.29, 0.717) is 37.6 Å². The van der Waals surface area contributed by atoms with Crippen molar-refractivity contribution < 1.29 is 19.1 Å². The second kappa shape index (κ2) is 17.7. The molecule has 0 heterocycles. The third kappa shape index (κ3) is 12.4. The number of halogens is 2. The normalized spacial score (nSPS) is 11.1. The van der Waals surface area contributed by atoms with E-state index < -0.39 is 0 Å². The van der Waals surface area contributed by atoms with Gasteiger partial charge in [-0.2, -0.15) is 10.2 Å². The van der Waals surface area contributed by atoms with Crippen molar-refractivity contribution in [2.75, 3.05) is 13.2 Å². The first kappa shape index (κ1) is 30.5. The Hall–Kier alpha value is -2.72. The molecular weight excluding hydrogens is 604 g/mol. The highest BCUT2D eigenvalue weighted by molar-refractivity contribution is 9.10. The maximum atomic E-state index is 12.0. The number of ether oxygens (including phenoxy) is 2. The van der Waals surface area contributed by atoms with Crippen molar-refractivity contribution in [3.8, 4) is 11.5 Å². The van der Waals surface area contributed by atoms with Crippen LogP contribution >= 0.6 is 31.9 Å². The number of amides is 2. The van der Waals surface area contributed by atoms with Crippen LogP contribution in [-0.4, -0.2) is 37.5 Å². The van der Waals surface area contributed by atoms with E-state index in [2.05, 4.69) is 52.9 Å². The molecule has 0 aromatic heterocycles. The van der Waals surface area contributed by atoms with Gasteiger partial charge in [-0.15, -0.1) is 0 Å². The molecule has 0 fully saturated rings. The highest BCUT2D eigenvalue weighted by atomic mass is 79.9. The van der Waals surface area contributed by atoms with Gasteiger partial charge in [-0.3, -0.25) is 9.59 Å². The minimum absolute atomic E-state index is 0.126. The molecule has 2 aromatic carbocycles. The molecule has 200 valence electrons. The Balaban J connectivity index is 1.57. The molecule has 8 nitrogen and oxygen atoms in total. The largest absolute Gasteiger partial charge is 0.493 e. The zero-order valence-corrected chi connectivity index (χ0v) is 24.4. The zero-order valence-electron chi connectivity index (χ0n) is 21.3. The molecule has 0 aliphatic rings. The third-order valence-corrected chi connectivity index (χ3v) is 6.12. The number of nitrogens with zero attached hydrogens (tertiary/aromatic N) is 2. The second-order valence-electron chi connectivity index (χ2n) is 8.08. The number of unbranched alkanes of at least 4 members (excludes halogenated alkanes) is 4. The molecule has 10 heteroatoms. The van der Waals surface area contributed by atoms with Crippen molar-refractivity contribution in [3.63, 3.8) is 0 Å². The molecule has 2 rings (SSSR count). The highest BCUT2D eigenvalue weighted by Gasteiger charge is 2.05. The summed E-state index contributed by atoms with van der Waals surface area (Å²) in [5.41, 5.74) is 6.70. The molecule has 0 unspecified atom stereocenters. The Bertz CT molecular complexity index is 993. The number of hydrazone groups is 2. The van der Waals surface area contributed by atoms with Gasteiger partial charge in [-0.05, 0) is 63.1 Å². The van der Waals surface area contributed by atoms with Crippen LogP contribution in [0.4, 0.5) is 0 Å². The maximum Gasteiger partial charge on any atom is 0.240 e. The van der Waals surface area contributed by atoms with E-state index in [9.17, 15) is 9.59 Å². The summed E-state index contributed by atoms with van der Waals surface area (Å²) in [4.78, 5) is 24.1. The molecule has 0 saturated carbocycles. The fourth-order valence-electron chi connectivity index (χ4n) is 3.38. The number of hydrogen-bond donors (Lipinski definition) is 2. The summed E-state index contributed by atoms with van der Waals surface area (Å²) in [5.74, 6) is 1.17. The SMILES string of the molecule is CCOc1ccc(Br)cc1/C=N\NC(=O)CCCCCCCC(=O)N/N=C\c1cc(Br)ccc1OCC. The molecular formula is C27H34Br2N4O4. The number of benzene rings is 2. The van der Waals surface area contributed by atoms with Crippen molar-refractivity contribution in [2.45, 2.75) is 58.8 Å². The smallest absolute Gasteiger partial charge is 0.240 e. The van der Waals surface area contributed by atoms with E-state index >= 15 is 0 Å². The van der Waals surface area contributed by atoms with E-state index in [1.807, 2.05) is 50.2 Å². The Kier molecular flexibility index (Phi) is 14.6. The summed E-state index contributed by atoms with van der Waals surface area (Å²) < 4.78 is 13.0. The van der Waals surface area contributed by atoms with Crippen LogP contribution in [0.25, 0.3) is 0 Å². The minimum atomic E-state index is -0.126. The predicted molar refractivity (Wildman–Crippen MR) is 154 cm³/mol. The van der Waals surface area contributed by atoms with E-state index in [1.54, 1.807) is 12.4 Å². The monoisotopic (exact) mass is 636 g/mol. The molecule has 0 saturated heterocycles. The summed E-state index contributed by atoms with van der Waals surface area (Å²) in [6, 6.07) is 11.3. The van der Waals surface area contributed by atoms with Gasteiger partial charge in [0.25, 0.3) is 0 Å². The van der Waals surface area contributed by atoms with Crippen LogP contribution in [0.5, 0.6) is 11.5 Å². The van der Waals surface area contributed by atoms with Gasteiger partial charge in [0.1, 0.15) is 11.5 Å². The van der Waals surface area contributed by atoms with Crippen LogP contribution in [0.3, 0.4) is 0 Å². The van der Waals surface area contributed by atoms with Crippen molar-refractivity contribution in [1.82, 2.24) is 10.9 Å². The van der Waals surface area contributed by atoms with Gasteiger partial charge in [0.2, 0.25) is 11.8 Å². The van der Waals surface area contributed by atoms with Crippen LogP contribution in [0.15, 0.2) is 55.5 Å². The van der Waals surface area contributed by atoms with Crippen molar-refractivity contribution in [1.29, 1.82) is 0 Å². The topological polar surface area (TPSA) is 101 Å². The third-order valence-electron chi connectivity index (χ3n) is 5.14. The fourth-order valence-corrected chi connectivity index (χ4v) is 4.13. The Labute approximate surface area is 235 Å². The highest BCUT2D eigenvalue weighted by Crippen LogP contribution is 2.22. The van der Waals surface area contributed by atoms with Gasteiger partial charge in [0.05, 0.1) is 25.6 Å². The standard InChI is InChI=1S/C27H34Br2N4O4/c1-3-36-24-14-12-22(28)16-20(24)18-30-32-26(34)10-8-6-5-7-9-11-27(35)33-31-19-21-17-23(29)13-15-25(21)37-4-2/h12-19H,3-11H2,1-2H3,(H,32,34)(H,33,35)/b30-18-,31-19-. The first-order chi connectivity index (χ1) is 17.9. The molecule has 37 heavy (non-hydrogen) atoms. The molecule has 2 N–H and O–H groups in total. The van der Waals surface area contributed by atoms with E-state index in [1.165, 1.54) is 0 Å². The predicted octanol–water partition coefficient (Wildman–Crippen LogP) is 6.34. The number of nitrogens with one attached hydrogen (secondary N) is 2. The lowest BCUT2D eigenvalue weighted by molar-refractivity contribution is -0.121. The summed E-state index contributed by atoms with van der Waals surface area (Å²) in [5, 5.41) is 8.09. The Morgan fingerprint density at radius 1 is 0.730 bits per heavy atom. The van der Waals surface area contributed by atoms with Gasteiger partial charge in [-0.25, -0.2) is 10.9 Å². The summed E-state index contributed by atoms with van der Waals surface area (Å²) in [6.07, 6.45) is 8.31. The lowest BCUT2D eigenvalue weighted by atomic mass is 10.1. The molecule has 0 aliphatic carbocycles. The van der Waals surface area contributed by atoms with Crippen LogP contribution in [0.2, 0.25) is 0 Å². The first-order valence-electron chi connectivity index (χ1n) is 12.4. The van der Waals surface area contributed by atoms with Gasteiger partial charge in [0, 0.05) is 32.9 Å². The molecule has 0 aliphatic heterocycles. The van der Waals surface area contributed by atoms with Crippen LogP contribution in [0, 0.1) is 0 Å². The van der Waals surface area contributed by atoms with Crippen molar-refractivity contribution in [2.24, 2.45) is 10.2 Å². The summed E-state index contributed by atoms with van der Waals surface area (Å²) in [6.45, 7) is 4.93. The minimum Gasteiger partial charge on any atom is -0.493 e. The quantitative estimate of drug-likeness (QED) is 0.127. The second-order valence-corrected chi connectivity index (χ2v) is 9.92. The van der Waals surface area contributed by atoms with Gasteiger partial charge in [-0.1, -0.05) is 51.1 Å². The lowest BCUT2D eigenvalue weighted by Gasteiger charge is -2.07. The average Bonchev–Trinajstić information content (AvgIpc) is 2.86. The molecule has 0 spiro atoms. The maximum absolute atomic E-state index is 12.0. The Morgan fingerprint density at radius 2 is 1.14 bits per heavy atom. The van der Waals surface area contributed by atoms with Gasteiger partial charge in [0.15, 0.2) is 0 Å². The van der Waals surface area contributed by atoms with Gasteiger partial charge >= 0.3 is 0 Å². The number of hydrogen-bond acceptors (Lipinski definition) is 6. The molecule has 0 atom stereocenters.